The number of nitrogens with one attached hydrogen (secondary N) is 1. The van der Waals surface area contributed by atoms with Crippen LogP contribution in [0.4, 0.5) is 0 Å². The largest absolute Gasteiger partial charge is 0.291 e. The van der Waals surface area contributed by atoms with Gasteiger partial charge in [0.25, 0.3) is 0 Å². The second-order valence-corrected chi connectivity index (χ2v) is 7.29. The molecule has 4 rings (SSSR count). The number of pyridine rings is 1. The molecule has 4 aromatic rings. The molecule has 1 N–H and O–H groups in total. The Bertz CT molecular complexity index is 1150. The number of hydrogen-bond acceptors (Lipinski definition) is 7. The van der Waals surface area contributed by atoms with Gasteiger partial charge in [0.15, 0.2) is 5.82 Å². The number of H-pyrrole nitrogens is 1. The number of carbonyl (C=O) groups excluding carboxylic acids is 1. The second-order valence-electron chi connectivity index (χ2n) is 7.29. The van der Waals surface area contributed by atoms with E-state index < -0.39 is 0 Å². The molecule has 3 heterocycles. The Morgan fingerprint density at radius 1 is 1.06 bits per heavy atom. The van der Waals surface area contributed by atoms with Gasteiger partial charge in [0.1, 0.15) is 5.82 Å². The molecule has 0 radical (unpaired) electrons. The average molecular weight is 416 g/mol. The van der Waals surface area contributed by atoms with Crippen LogP contribution in [0, 0.1) is 0 Å². The first kappa shape index (κ1) is 20.5. The minimum Gasteiger partial charge on any atom is -0.291 e. The van der Waals surface area contributed by atoms with Gasteiger partial charge < -0.3 is 0 Å². The molecule has 0 saturated heterocycles. The van der Waals surface area contributed by atoms with Gasteiger partial charge >= 0.3 is 0 Å². The quantitative estimate of drug-likeness (QED) is 0.415. The molecule has 0 bridgehead atoms. The standard InChI is InChI=1S/C22H24N8O/c1-3-5-19(31)22-24-20(30(27-22)12-4-2)13-15-6-8-16(9-7-15)17-10-11-23-14-18(17)21-25-28-29-26-21/h6-11,14H,3-5,12-13H2,1-2H3,(H,25,26,28,29). The van der Waals surface area contributed by atoms with Crippen molar-refractivity contribution in [3.63, 3.8) is 0 Å². The van der Waals surface area contributed by atoms with Gasteiger partial charge in [0, 0.05) is 37.3 Å². The zero-order valence-corrected chi connectivity index (χ0v) is 17.6. The monoisotopic (exact) mass is 416 g/mol. The molecule has 9 nitrogen and oxygen atoms in total. The molecule has 0 amide bonds. The van der Waals surface area contributed by atoms with Gasteiger partial charge in [0.05, 0.1) is 0 Å². The molecule has 1 aromatic carbocycles. The highest BCUT2D eigenvalue weighted by Gasteiger charge is 2.16. The lowest BCUT2D eigenvalue weighted by Gasteiger charge is -2.08. The SMILES string of the molecule is CCCC(=O)c1nc(Cc2ccc(-c3ccncc3-c3nnn[nH]3)cc2)n(CCC)n1. The number of Topliss-reactive ketones (excluding diaryl/α,β-unsaturated/α-hetero) is 1. The zero-order chi connectivity index (χ0) is 21.6. The highest BCUT2D eigenvalue weighted by atomic mass is 16.1. The van der Waals surface area contributed by atoms with E-state index >= 15 is 0 Å². The van der Waals surface area contributed by atoms with Crippen LogP contribution in [0.5, 0.6) is 0 Å². The topological polar surface area (TPSA) is 115 Å². The summed E-state index contributed by atoms with van der Waals surface area (Å²) in [5.74, 6) is 1.71. The van der Waals surface area contributed by atoms with Gasteiger partial charge in [-0.05, 0) is 46.0 Å². The highest BCUT2D eigenvalue weighted by molar-refractivity contribution is 5.92. The van der Waals surface area contributed by atoms with Crippen molar-refractivity contribution >= 4 is 5.78 Å². The fourth-order valence-corrected chi connectivity index (χ4v) is 3.45. The first-order valence-electron chi connectivity index (χ1n) is 10.4. The third-order valence-electron chi connectivity index (χ3n) is 4.96. The van der Waals surface area contributed by atoms with E-state index in [1.807, 2.05) is 17.7 Å². The van der Waals surface area contributed by atoms with E-state index in [9.17, 15) is 4.79 Å². The Kier molecular flexibility index (Phi) is 6.21. The number of tetrazole rings is 1. The lowest BCUT2D eigenvalue weighted by atomic mass is 9.99. The molecule has 3 aromatic heterocycles. The summed E-state index contributed by atoms with van der Waals surface area (Å²) in [6.07, 6.45) is 6.30. The van der Waals surface area contributed by atoms with Gasteiger partial charge in [-0.2, -0.15) is 0 Å². The van der Waals surface area contributed by atoms with Crippen LogP contribution in [0.3, 0.4) is 0 Å². The lowest BCUT2D eigenvalue weighted by molar-refractivity contribution is 0.0971. The van der Waals surface area contributed by atoms with Crippen LogP contribution < -0.4 is 0 Å². The van der Waals surface area contributed by atoms with Crippen LogP contribution >= 0.6 is 0 Å². The average Bonchev–Trinajstić information content (AvgIpc) is 3.46. The molecule has 158 valence electrons. The van der Waals surface area contributed by atoms with Gasteiger partial charge in [-0.1, -0.05) is 38.1 Å². The summed E-state index contributed by atoms with van der Waals surface area (Å²) in [6, 6.07) is 10.2. The number of aromatic nitrogens is 8. The number of nitrogens with zero attached hydrogens (tertiary/aromatic N) is 7. The third-order valence-corrected chi connectivity index (χ3v) is 4.96. The van der Waals surface area contributed by atoms with Gasteiger partial charge in [-0.15, -0.1) is 10.2 Å². The predicted octanol–water partition coefficient (Wildman–Crippen LogP) is 3.50. The number of hydrogen-bond donors (Lipinski definition) is 1. The van der Waals surface area contributed by atoms with Crippen LogP contribution in [0.1, 0.15) is 55.1 Å². The molecule has 31 heavy (non-hydrogen) atoms. The first-order chi connectivity index (χ1) is 15.2. The molecule has 0 atom stereocenters. The van der Waals surface area contributed by atoms with Crippen LogP contribution in [0.15, 0.2) is 42.7 Å². The molecule has 0 aliphatic heterocycles. The van der Waals surface area contributed by atoms with Gasteiger partial charge in [0.2, 0.25) is 11.6 Å². The Labute approximate surface area is 180 Å². The Hall–Kier alpha value is -3.75. The molecule has 0 saturated carbocycles. The summed E-state index contributed by atoms with van der Waals surface area (Å²) in [5.41, 5.74) is 3.95. The fraction of sp³-hybridized carbons (Fsp3) is 0.318. The molecule has 0 unspecified atom stereocenters. The van der Waals surface area contributed by atoms with E-state index in [1.54, 1.807) is 12.4 Å². The predicted molar refractivity (Wildman–Crippen MR) is 115 cm³/mol. The maximum Gasteiger partial charge on any atom is 0.217 e. The highest BCUT2D eigenvalue weighted by Crippen LogP contribution is 2.29. The van der Waals surface area contributed by atoms with Gasteiger partial charge in [-0.25, -0.2) is 14.8 Å². The van der Waals surface area contributed by atoms with Crippen molar-refractivity contribution in [2.45, 2.75) is 46.1 Å². The Morgan fingerprint density at radius 3 is 2.61 bits per heavy atom. The van der Waals surface area contributed by atoms with E-state index in [2.05, 4.69) is 66.9 Å². The molecular weight excluding hydrogens is 392 g/mol. The van der Waals surface area contributed by atoms with Crippen molar-refractivity contribution in [2.24, 2.45) is 0 Å². The summed E-state index contributed by atoms with van der Waals surface area (Å²) < 4.78 is 1.86. The summed E-state index contributed by atoms with van der Waals surface area (Å²) >= 11 is 0. The second kappa shape index (κ2) is 9.38. The molecule has 0 aliphatic carbocycles. The third kappa shape index (κ3) is 4.55. The Balaban J connectivity index is 1.58. The Morgan fingerprint density at radius 2 is 1.90 bits per heavy atom. The van der Waals surface area contributed by atoms with E-state index in [-0.39, 0.29) is 5.78 Å². The molecule has 0 fully saturated rings. The minimum atomic E-state index is 0.000994. The number of aryl methyl sites for hydroxylation is 1. The van der Waals surface area contributed by atoms with E-state index in [0.29, 0.717) is 24.5 Å². The van der Waals surface area contributed by atoms with E-state index in [0.717, 1.165) is 47.5 Å². The zero-order valence-electron chi connectivity index (χ0n) is 17.6. The van der Waals surface area contributed by atoms with Crippen LogP contribution in [-0.4, -0.2) is 46.2 Å². The number of rotatable bonds is 9. The van der Waals surface area contributed by atoms with Crippen molar-refractivity contribution in [3.8, 4) is 22.5 Å². The summed E-state index contributed by atoms with van der Waals surface area (Å²) in [4.78, 5) is 21.0. The number of ketones is 1. The fourth-order valence-electron chi connectivity index (χ4n) is 3.45. The molecule has 0 aliphatic rings. The van der Waals surface area contributed by atoms with E-state index in [4.69, 9.17) is 0 Å². The molecular formula is C22H24N8O. The summed E-state index contributed by atoms with van der Waals surface area (Å²) in [5, 5.41) is 18.5. The maximum absolute atomic E-state index is 12.2. The number of aromatic amines is 1. The summed E-state index contributed by atoms with van der Waals surface area (Å²) in [6.45, 7) is 4.81. The van der Waals surface area contributed by atoms with Crippen molar-refractivity contribution in [2.75, 3.05) is 0 Å². The van der Waals surface area contributed by atoms with Crippen molar-refractivity contribution < 1.29 is 4.79 Å². The van der Waals surface area contributed by atoms with Crippen molar-refractivity contribution in [3.05, 3.63) is 59.9 Å². The number of carbonyl (C=O) groups is 1. The van der Waals surface area contributed by atoms with Crippen molar-refractivity contribution in [1.29, 1.82) is 0 Å². The van der Waals surface area contributed by atoms with E-state index in [1.165, 1.54) is 0 Å². The van der Waals surface area contributed by atoms with Crippen LogP contribution in [0.2, 0.25) is 0 Å². The molecule has 9 heteroatoms. The van der Waals surface area contributed by atoms with Crippen LogP contribution in [0.25, 0.3) is 22.5 Å². The lowest BCUT2D eigenvalue weighted by Crippen LogP contribution is -2.06. The van der Waals surface area contributed by atoms with Crippen LogP contribution in [-0.2, 0) is 13.0 Å². The van der Waals surface area contributed by atoms with Crippen molar-refractivity contribution in [1.82, 2.24) is 40.4 Å². The first-order valence-corrected chi connectivity index (χ1v) is 10.4. The number of benzene rings is 1. The van der Waals surface area contributed by atoms with Gasteiger partial charge in [-0.3, -0.25) is 9.78 Å². The normalized spacial score (nSPS) is 11.0. The molecule has 0 spiro atoms. The summed E-state index contributed by atoms with van der Waals surface area (Å²) in [7, 11) is 0. The maximum atomic E-state index is 12.2. The minimum absolute atomic E-state index is 0.000994. The smallest absolute Gasteiger partial charge is 0.217 e.